The van der Waals surface area contributed by atoms with Crippen LogP contribution < -0.4 is 14.2 Å². The first kappa shape index (κ1) is 23.6. The fourth-order valence-corrected chi connectivity index (χ4v) is 3.30. The number of hydrogen-bond acceptors (Lipinski definition) is 5. The number of methoxy groups -OCH3 is 2. The molecule has 0 radical (unpaired) electrons. The largest absolute Gasteiger partial charge is 0.497 e. The minimum absolute atomic E-state index is 0.167. The summed E-state index contributed by atoms with van der Waals surface area (Å²) in [5.41, 5.74) is 1.23. The van der Waals surface area contributed by atoms with E-state index in [1.165, 1.54) is 24.1 Å². The molecule has 33 heavy (non-hydrogen) atoms. The Bertz CT molecular complexity index is 1120. The van der Waals surface area contributed by atoms with Gasteiger partial charge in [0.15, 0.2) is 18.2 Å². The average Bonchev–Trinajstić information content (AvgIpc) is 2.83. The number of nitrogens with zero attached hydrogens (tertiary/aromatic N) is 1. The molecule has 1 N–H and O–H groups in total. The van der Waals surface area contributed by atoms with Crippen LogP contribution in [0.25, 0.3) is 0 Å². The minimum Gasteiger partial charge on any atom is -0.497 e. The summed E-state index contributed by atoms with van der Waals surface area (Å²) >= 11 is 0. The van der Waals surface area contributed by atoms with E-state index in [9.17, 15) is 19.1 Å². The molecule has 0 unspecified atom stereocenters. The lowest BCUT2D eigenvalue weighted by atomic mass is 10.1. The molecule has 0 spiro atoms. The molecule has 0 aliphatic carbocycles. The zero-order valence-electron chi connectivity index (χ0n) is 18.3. The predicted octanol–water partition coefficient (Wildman–Crippen LogP) is 4.15. The topological polar surface area (TPSA) is 85.3 Å². The molecule has 0 aromatic heterocycles. The summed E-state index contributed by atoms with van der Waals surface area (Å²) in [6.07, 6.45) is 0. The van der Waals surface area contributed by atoms with E-state index in [-0.39, 0.29) is 18.7 Å². The van der Waals surface area contributed by atoms with Crippen LogP contribution in [0.5, 0.6) is 17.2 Å². The van der Waals surface area contributed by atoms with Gasteiger partial charge in [-0.3, -0.25) is 4.79 Å². The first-order chi connectivity index (χ1) is 15.9. The molecule has 3 aromatic rings. The van der Waals surface area contributed by atoms with E-state index in [0.717, 1.165) is 11.6 Å². The smallest absolute Gasteiger partial charge is 0.339 e. The van der Waals surface area contributed by atoms with E-state index < -0.39 is 30.1 Å². The van der Waals surface area contributed by atoms with Gasteiger partial charge in [-0.1, -0.05) is 36.4 Å². The van der Waals surface area contributed by atoms with Crippen molar-refractivity contribution in [1.29, 1.82) is 0 Å². The molecule has 0 aliphatic heterocycles. The second kappa shape index (κ2) is 11.0. The van der Waals surface area contributed by atoms with Crippen molar-refractivity contribution in [1.82, 2.24) is 4.90 Å². The highest BCUT2D eigenvalue weighted by molar-refractivity contribution is 5.91. The van der Waals surface area contributed by atoms with Crippen molar-refractivity contribution in [2.75, 3.05) is 20.8 Å². The van der Waals surface area contributed by atoms with Crippen LogP contribution in [0.1, 0.15) is 21.5 Å². The third-order valence-electron chi connectivity index (χ3n) is 4.96. The summed E-state index contributed by atoms with van der Waals surface area (Å²) in [6.45, 7) is -0.118. The monoisotopic (exact) mass is 453 g/mol. The van der Waals surface area contributed by atoms with Gasteiger partial charge in [-0.15, -0.1) is 0 Å². The third kappa shape index (κ3) is 6.00. The molecular formula is C25H24FNO6. The van der Waals surface area contributed by atoms with Crippen LogP contribution in [0.2, 0.25) is 0 Å². The van der Waals surface area contributed by atoms with Gasteiger partial charge in [-0.2, -0.15) is 0 Å². The highest BCUT2D eigenvalue weighted by Crippen LogP contribution is 2.27. The number of para-hydroxylation sites is 1. The van der Waals surface area contributed by atoms with Gasteiger partial charge in [0.1, 0.15) is 17.1 Å². The fourth-order valence-electron chi connectivity index (χ4n) is 3.30. The van der Waals surface area contributed by atoms with E-state index >= 15 is 0 Å². The molecule has 0 heterocycles. The Morgan fingerprint density at radius 1 is 0.939 bits per heavy atom. The lowest BCUT2D eigenvalue weighted by molar-refractivity contribution is -0.134. The van der Waals surface area contributed by atoms with Crippen molar-refractivity contribution in [2.24, 2.45) is 0 Å². The van der Waals surface area contributed by atoms with Gasteiger partial charge in [-0.25, -0.2) is 9.18 Å². The van der Waals surface area contributed by atoms with Crippen LogP contribution in [0.4, 0.5) is 4.39 Å². The summed E-state index contributed by atoms with van der Waals surface area (Å²) in [5.74, 6) is -1.96. The number of carbonyl (C=O) groups is 2. The average molecular weight is 453 g/mol. The second-order valence-corrected chi connectivity index (χ2v) is 7.12. The number of hydrogen-bond donors (Lipinski definition) is 1. The van der Waals surface area contributed by atoms with Gasteiger partial charge in [0.2, 0.25) is 0 Å². The Morgan fingerprint density at radius 3 is 2.36 bits per heavy atom. The van der Waals surface area contributed by atoms with Gasteiger partial charge in [0.05, 0.1) is 14.2 Å². The maximum absolute atomic E-state index is 14.2. The van der Waals surface area contributed by atoms with E-state index in [4.69, 9.17) is 14.2 Å². The molecule has 3 aromatic carbocycles. The van der Waals surface area contributed by atoms with E-state index in [0.29, 0.717) is 17.1 Å². The molecule has 3 rings (SSSR count). The Hall–Kier alpha value is -4.07. The van der Waals surface area contributed by atoms with Gasteiger partial charge < -0.3 is 24.2 Å². The number of amides is 1. The summed E-state index contributed by atoms with van der Waals surface area (Å²) < 4.78 is 30.3. The normalized spacial score (nSPS) is 10.4. The number of rotatable bonds is 10. The van der Waals surface area contributed by atoms with Gasteiger partial charge in [0, 0.05) is 18.7 Å². The van der Waals surface area contributed by atoms with E-state index in [1.807, 2.05) is 30.3 Å². The highest BCUT2D eigenvalue weighted by atomic mass is 19.1. The first-order valence-corrected chi connectivity index (χ1v) is 10.1. The molecule has 1 amide bonds. The maximum atomic E-state index is 14.2. The first-order valence-electron chi connectivity index (χ1n) is 10.1. The van der Waals surface area contributed by atoms with Crippen LogP contribution in [0, 0.1) is 5.82 Å². The molecule has 0 bridgehead atoms. The van der Waals surface area contributed by atoms with Gasteiger partial charge >= 0.3 is 5.97 Å². The second-order valence-electron chi connectivity index (χ2n) is 7.12. The van der Waals surface area contributed by atoms with Crippen molar-refractivity contribution in [3.63, 3.8) is 0 Å². The van der Waals surface area contributed by atoms with Crippen LogP contribution >= 0.6 is 0 Å². The van der Waals surface area contributed by atoms with Crippen molar-refractivity contribution in [3.05, 3.63) is 89.2 Å². The lowest BCUT2D eigenvalue weighted by Gasteiger charge is -2.24. The van der Waals surface area contributed by atoms with Crippen molar-refractivity contribution in [3.8, 4) is 17.2 Å². The molecule has 0 saturated heterocycles. The van der Waals surface area contributed by atoms with E-state index in [2.05, 4.69) is 0 Å². The number of carboxylic acid groups (broad SMARTS) is 1. The fraction of sp³-hybridized carbons (Fsp3) is 0.200. The minimum atomic E-state index is -1.35. The number of ether oxygens (including phenoxy) is 3. The quantitative estimate of drug-likeness (QED) is 0.497. The van der Waals surface area contributed by atoms with Gasteiger partial charge in [-0.05, 0) is 35.9 Å². The number of aromatic carboxylic acids is 1. The number of benzene rings is 3. The zero-order valence-corrected chi connectivity index (χ0v) is 18.3. The van der Waals surface area contributed by atoms with Crippen molar-refractivity contribution in [2.45, 2.75) is 13.1 Å². The van der Waals surface area contributed by atoms with E-state index in [1.54, 1.807) is 25.3 Å². The SMILES string of the molecule is COc1ccc(OC)c(CN(Cc2ccccc2)C(=O)COc2c(F)cccc2C(=O)O)c1. The zero-order chi connectivity index (χ0) is 23.8. The molecule has 8 heteroatoms. The summed E-state index contributed by atoms with van der Waals surface area (Å²) in [6, 6.07) is 18.2. The van der Waals surface area contributed by atoms with Crippen LogP contribution in [0.3, 0.4) is 0 Å². The van der Waals surface area contributed by atoms with Crippen LogP contribution in [-0.2, 0) is 17.9 Å². The number of carboxylic acids is 1. The molecular weight excluding hydrogens is 429 g/mol. The lowest BCUT2D eigenvalue weighted by Crippen LogP contribution is -2.34. The van der Waals surface area contributed by atoms with Gasteiger partial charge in [0.25, 0.3) is 5.91 Å². The summed E-state index contributed by atoms with van der Waals surface area (Å²) in [7, 11) is 3.07. The number of halogens is 1. The Kier molecular flexibility index (Phi) is 7.86. The standard InChI is InChI=1S/C25H24FNO6/c1-31-19-11-12-22(32-2)18(13-19)15-27(14-17-7-4-3-5-8-17)23(28)16-33-24-20(25(29)30)9-6-10-21(24)26/h3-13H,14-16H2,1-2H3,(H,29,30). The molecule has 7 nitrogen and oxygen atoms in total. The van der Waals surface area contributed by atoms with Crippen LogP contribution in [-0.4, -0.2) is 42.7 Å². The third-order valence-corrected chi connectivity index (χ3v) is 4.96. The summed E-state index contributed by atoms with van der Waals surface area (Å²) in [4.78, 5) is 26.1. The molecule has 0 aliphatic rings. The number of carbonyl (C=O) groups excluding carboxylic acids is 1. The van der Waals surface area contributed by atoms with Crippen LogP contribution in [0.15, 0.2) is 66.7 Å². The Labute approximate surface area is 190 Å². The molecule has 0 atom stereocenters. The van der Waals surface area contributed by atoms with Crippen molar-refractivity contribution >= 4 is 11.9 Å². The Balaban J connectivity index is 1.86. The highest BCUT2D eigenvalue weighted by Gasteiger charge is 2.21. The van der Waals surface area contributed by atoms with Crippen molar-refractivity contribution < 1.29 is 33.3 Å². The molecule has 0 fully saturated rings. The Morgan fingerprint density at radius 2 is 1.70 bits per heavy atom. The predicted molar refractivity (Wildman–Crippen MR) is 119 cm³/mol. The molecule has 172 valence electrons. The molecule has 0 saturated carbocycles. The maximum Gasteiger partial charge on any atom is 0.339 e. The summed E-state index contributed by atoms with van der Waals surface area (Å²) in [5, 5.41) is 9.29.